The van der Waals surface area contributed by atoms with Crippen LogP contribution in [0.4, 0.5) is 23.2 Å². The van der Waals surface area contributed by atoms with E-state index >= 15 is 0 Å². The molecule has 0 bridgehead atoms. The second-order valence-electron chi connectivity index (χ2n) is 4.78. The van der Waals surface area contributed by atoms with Crippen LogP contribution in [-0.4, -0.2) is 22.9 Å². The Hall–Kier alpha value is -3.23. The molecule has 0 radical (unpaired) electrons. The maximum atomic E-state index is 14.1. The van der Waals surface area contributed by atoms with Gasteiger partial charge in [-0.15, -0.1) is 0 Å². The van der Waals surface area contributed by atoms with Gasteiger partial charge < -0.3 is 5.11 Å². The summed E-state index contributed by atoms with van der Waals surface area (Å²) in [6, 6.07) is 5.16. The van der Waals surface area contributed by atoms with Crippen molar-refractivity contribution in [2.75, 3.05) is 4.90 Å². The highest BCUT2D eigenvalue weighted by Crippen LogP contribution is 2.35. The lowest BCUT2D eigenvalue weighted by Gasteiger charge is -2.17. The summed E-state index contributed by atoms with van der Waals surface area (Å²) in [5.74, 6) is -13.3. The predicted molar refractivity (Wildman–Crippen MR) is 70.8 cm³/mol. The fourth-order valence-corrected chi connectivity index (χ4v) is 2.40. The fourth-order valence-electron chi connectivity index (χ4n) is 2.40. The van der Waals surface area contributed by atoms with Crippen LogP contribution in [-0.2, 0) is 0 Å². The van der Waals surface area contributed by atoms with Crippen molar-refractivity contribution < 1.29 is 37.1 Å². The number of hydrogen-bond donors (Lipinski definition) is 1. The zero-order valence-electron chi connectivity index (χ0n) is 11.4. The highest BCUT2D eigenvalue weighted by molar-refractivity contribution is 6.34. The minimum Gasteiger partial charge on any atom is -0.477 e. The number of carbonyl (C=O) groups is 3. The van der Waals surface area contributed by atoms with Gasteiger partial charge in [0.05, 0.1) is 11.1 Å². The van der Waals surface area contributed by atoms with Gasteiger partial charge in [0.2, 0.25) is 0 Å². The molecule has 3 rings (SSSR count). The number of nitrogens with zero attached hydrogens (tertiary/aromatic N) is 1. The normalized spacial score (nSPS) is 13.4. The van der Waals surface area contributed by atoms with Crippen LogP contribution in [0.2, 0.25) is 0 Å². The summed E-state index contributed by atoms with van der Waals surface area (Å²) in [5, 5.41) is 8.64. The number of carboxylic acid groups (broad SMARTS) is 1. The smallest absolute Gasteiger partial charge is 0.341 e. The summed E-state index contributed by atoms with van der Waals surface area (Å²) in [7, 11) is 0. The van der Waals surface area contributed by atoms with E-state index in [1.54, 1.807) is 0 Å². The van der Waals surface area contributed by atoms with Gasteiger partial charge in [0, 0.05) is 0 Å². The van der Waals surface area contributed by atoms with Crippen molar-refractivity contribution >= 4 is 23.5 Å². The Morgan fingerprint density at radius 1 is 0.833 bits per heavy atom. The Kier molecular flexibility index (Phi) is 3.36. The second-order valence-corrected chi connectivity index (χ2v) is 4.78. The Bertz CT molecular complexity index is 877. The molecule has 2 amide bonds. The summed E-state index contributed by atoms with van der Waals surface area (Å²) >= 11 is 0. The Morgan fingerprint density at radius 3 is 1.62 bits per heavy atom. The molecule has 0 unspecified atom stereocenters. The molecule has 0 aliphatic carbocycles. The van der Waals surface area contributed by atoms with Crippen molar-refractivity contribution in [2.45, 2.75) is 0 Å². The van der Waals surface area contributed by atoms with E-state index in [9.17, 15) is 31.9 Å². The van der Waals surface area contributed by atoms with Crippen LogP contribution in [0.1, 0.15) is 31.1 Å². The standard InChI is InChI=1S/C15H5F4NO4/c16-8-7(15(23)24)9(17)11(19)12(10(8)18)20-13(21)5-3-1-2-4-6(5)14(20)22/h1-4H,(H,23,24). The van der Waals surface area contributed by atoms with E-state index in [0.717, 1.165) is 0 Å². The van der Waals surface area contributed by atoms with Gasteiger partial charge in [-0.05, 0) is 12.1 Å². The SMILES string of the molecule is O=C(O)c1c(F)c(F)c(N2C(=O)c3ccccc3C2=O)c(F)c1F. The molecule has 1 aliphatic rings. The van der Waals surface area contributed by atoms with Gasteiger partial charge in [0.15, 0.2) is 23.3 Å². The largest absolute Gasteiger partial charge is 0.477 e. The van der Waals surface area contributed by atoms with Crippen LogP contribution in [0.15, 0.2) is 24.3 Å². The number of benzene rings is 2. The first-order chi connectivity index (χ1) is 11.3. The van der Waals surface area contributed by atoms with E-state index in [4.69, 9.17) is 5.11 Å². The summed E-state index contributed by atoms with van der Waals surface area (Å²) in [5.41, 5.74) is -3.86. The number of fused-ring (bicyclic) bond motifs is 1. The molecule has 0 atom stereocenters. The minimum absolute atomic E-state index is 0.0624. The first-order valence-electron chi connectivity index (χ1n) is 6.34. The molecule has 122 valence electrons. The molecule has 0 saturated heterocycles. The molecule has 5 nitrogen and oxygen atoms in total. The molecule has 24 heavy (non-hydrogen) atoms. The Morgan fingerprint density at radius 2 is 1.25 bits per heavy atom. The number of halogens is 4. The van der Waals surface area contributed by atoms with Gasteiger partial charge in [-0.3, -0.25) is 9.59 Å². The third-order valence-electron chi connectivity index (χ3n) is 3.47. The summed E-state index contributed by atoms with van der Waals surface area (Å²) in [4.78, 5) is 35.0. The second kappa shape index (κ2) is 5.15. The Balaban J connectivity index is 2.28. The van der Waals surface area contributed by atoms with Crippen molar-refractivity contribution in [1.29, 1.82) is 0 Å². The van der Waals surface area contributed by atoms with Gasteiger partial charge in [-0.2, -0.15) is 0 Å². The van der Waals surface area contributed by atoms with E-state index < -0.39 is 52.3 Å². The van der Waals surface area contributed by atoms with Crippen LogP contribution >= 0.6 is 0 Å². The quantitative estimate of drug-likeness (QED) is 0.519. The van der Waals surface area contributed by atoms with Crippen molar-refractivity contribution in [3.05, 3.63) is 64.2 Å². The highest BCUT2D eigenvalue weighted by atomic mass is 19.2. The maximum Gasteiger partial charge on any atom is 0.341 e. The number of anilines is 1. The summed E-state index contributed by atoms with van der Waals surface area (Å²) in [6.07, 6.45) is 0. The van der Waals surface area contributed by atoms with E-state index in [1.807, 2.05) is 0 Å². The molecule has 0 spiro atoms. The van der Waals surface area contributed by atoms with Crippen LogP contribution in [0.3, 0.4) is 0 Å². The molecular formula is C15H5F4NO4. The van der Waals surface area contributed by atoms with Crippen molar-refractivity contribution in [1.82, 2.24) is 0 Å². The molecule has 1 aliphatic heterocycles. The first kappa shape index (κ1) is 15.7. The number of imide groups is 1. The van der Waals surface area contributed by atoms with Crippen LogP contribution < -0.4 is 4.90 Å². The van der Waals surface area contributed by atoms with Crippen LogP contribution in [0.25, 0.3) is 0 Å². The lowest BCUT2D eigenvalue weighted by Crippen LogP contribution is -2.32. The fraction of sp³-hybridized carbons (Fsp3) is 0. The molecule has 1 N–H and O–H groups in total. The monoisotopic (exact) mass is 339 g/mol. The summed E-state index contributed by atoms with van der Waals surface area (Å²) < 4.78 is 55.7. The first-order valence-corrected chi connectivity index (χ1v) is 6.34. The number of aromatic carboxylic acids is 1. The third-order valence-corrected chi connectivity index (χ3v) is 3.47. The molecule has 0 fully saturated rings. The minimum atomic E-state index is -2.24. The number of hydrogen-bond acceptors (Lipinski definition) is 3. The van der Waals surface area contributed by atoms with Crippen LogP contribution in [0, 0.1) is 23.3 Å². The average Bonchev–Trinajstić information content (AvgIpc) is 2.79. The number of rotatable bonds is 2. The molecular weight excluding hydrogens is 334 g/mol. The average molecular weight is 339 g/mol. The van der Waals surface area contributed by atoms with Gasteiger partial charge in [0.1, 0.15) is 11.3 Å². The van der Waals surface area contributed by atoms with Crippen LogP contribution in [0.5, 0.6) is 0 Å². The van der Waals surface area contributed by atoms with E-state index in [2.05, 4.69) is 0 Å². The number of carboxylic acids is 1. The molecule has 2 aromatic rings. The third kappa shape index (κ3) is 1.91. The summed E-state index contributed by atoms with van der Waals surface area (Å²) in [6.45, 7) is 0. The lowest BCUT2D eigenvalue weighted by atomic mass is 10.1. The van der Waals surface area contributed by atoms with E-state index in [0.29, 0.717) is 0 Å². The molecule has 0 aromatic heterocycles. The maximum absolute atomic E-state index is 14.1. The van der Waals surface area contributed by atoms with Crippen molar-refractivity contribution in [3.8, 4) is 0 Å². The van der Waals surface area contributed by atoms with Crippen molar-refractivity contribution in [2.24, 2.45) is 0 Å². The number of amides is 2. The zero-order chi connectivity index (χ0) is 17.8. The van der Waals surface area contributed by atoms with E-state index in [-0.39, 0.29) is 16.0 Å². The zero-order valence-corrected chi connectivity index (χ0v) is 11.4. The van der Waals surface area contributed by atoms with Gasteiger partial charge >= 0.3 is 5.97 Å². The van der Waals surface area contributed by atoms with Gasteiger partial charge in [-0.25, -0.2) is 27.3 Å². The van der Waals surface area contributed by atoms with Gasteiger partial charge in [-0.1, -0.05) is 12.1 Å². The number of carbonyl (C=O) groups excluding carboxylic acids is 2. The molecule has 9 heteroatoms. The molecule has 0 saturated carbocycles. The predicted octanol–water partition coefficient (Wildman–Crippen LogP) is 2.74. The Labute approximate surface area is 130 Å². The van der Waals surface area contributed by atoms with Crippen molar-refractivity contribution in [3.63, 3.8) is 0 Å². The van der Waals surface area contributed by atoms with Gasteiger partial charge in [0.25, 0.3) is 11.8 Å². The molecule has 1 heterocycles. The highest BCUT2D eigenvalue weighted by Gasteiger charge is 2.42. The topological polar surface area (TPSA) is 74.7 Å². The lowest BCUT2D eigenvalue weighted by molar-refractivity contribution is 0.0683. The van der Waals surface area contributed by atoms with E-state index in [1.165, 1.54) is 24.3 Å². The molecule has 2 aromatic carbocycles.